The number of nitrogens with one attached hydrogen (secondary N) is 2. The molecule has 1 unspecified atom stereocenters. The third-order valence-corrected chi connectivity index (χ3v) is 5.59. The number of rotatable bonds is 8. The van der Waals surface area contributed by atoms with Crippen molar-refractivity contribution in [1.29, 1.82) is 0 Å². The molecule has 2 heterocycles. The average molecular weight is 577 g/mol. The molecule has 0 amide bonds. The van der Waals surface area contributed by atoms with Gasteiger partial charge in [-0.3, -0.25) is 0 Å². The summed E-state index contributed by atoms with van der Waals surface area (Å²) in [5.41, 5.74) is 2.89. The highest BCUT2D eigenvalue weighted by molar-refractivity contribution is 14.0. The highest BCUT2D eigenvalue weighted by atomic mass is 127. The van der Waals surface area contributed by atoms with E-state index in [0.29, 0.717) is 6.54 Å². The molecule has 1 atom stereocenters. The Kier molecular flexibility index (Phi) is 9.43. The van der Waals surface area contributed by atoms with Gasteiger partial charge in [-0.2, -0.15) is 0 Å². The van der Waals surface area contributed by atoms with Crippen LogP contribution in [0.15, 0.2) is 64.1 Å². The largest absolute Gasteiger partial charge is 0.497 e. The van der Waals surface area contributed by atoms with Crippen molar-refractivity contribution in [1.82, 2.24) is 15.8 Å². The Morgan fingerprint density at radius 3 is 2.53 bits per heavy atom. The number of methoxy groups -OCH3 is 2. The number of aromatic nitrogens is 1. The van der Waals surface area contributed by atoms with Gasteiger partial charge in [0.15, 0.2) is 11.7 Å². The Morgan fingerprint density at radius 1 is 1.12 bits per heavy atom. The molecule has 1 fully saturated rings. The molecule has 3 aromatic rings. The first kappa shape index (κ1) is 25.7. The van der Waals surface area contributed by atoms with E-state index < -0.39 is 0 Å². The van der Waals surface area contributed by atoms with E-state index in [4.69, 9.17) is 19.0 Å². The number of ether oxygens (including phenoxy) is 2. The summed E-state index contributed by atoms with van der Waals surface area (Å²) in [4.78, 5) is 7.05. The highest BCUT2D eigenvalue weighted by Gasteiger charge is 2.24. The zero-order chi connectivity index (χ0) is 23.0. The predicted octanol–water partition coefficient (Wildman–Crippen LogP) is 4.31. The molecule has 1 saturated heterocycles. The third kappa shape index (κ3) is 6.55. The van der Waals surface area contributed by atoms with Crippen LogP contribution in [0.25, 0.3) is 11.3 Å². The number of hydrogen-bond acceptors (Lipinski definition) is 6. The van der Waals surface area contributed by atoms with Crippen molar-refractivity contribution < 1.29 is 14.0 Å². The van der Waals surface area contributed by atoms with Crippen molar-refractivity contribution in [3.8, 4) is 22.8 Å². The zero-order valence-electron chi connectivity index (χ0n) is 19.8. The van der Waals surface area contributed by atoms with Gasteiger partial charge in [-0.25, -0.2) is 4.99 Å². The monoisotopic (exact) mass is 577 g/mol. The lowest BCUT2D eigenvalue weighted by molar-refractivity contribution is 0.394. The van der Waals surface area contributed by atoms with Crippen molar-refractivity contribution in [2.75, 3.05) is 38.8 Å². The topological polar surface area (TPSA) is 84.2 Å². The SMILES string of the molecule is CCNC(=NCc1cc(-c2ccccc2)on1)NC1CCN(c2cc(OC)cc(OC)c2)C1.I. The first-order valence-corrected chi connectivity index (χ1v) is 11.2. The van der Waals surface area contributed by atoms with E-state index in [2.05, 4.69) is 27.6 Å². The number of aliphatic imine (C=N–C) groups is 1. The molecule has 34 heavy (non-hydrogen) atoms. The van der Waals surface area contributed by atoms with Crippen molar-refractivity contribution in [3.05, 3.63) is 60.3 Å². The number of guanidine groups is 1. The molecule has 4 rings (SSSR count). The molecular formula is C25H32IN5O3. The maximum Gasteiger partial charge on any atom is 0.191 e. The molecule has 1 aromatic heterocycles. The molecule has 0 saturated carbocycles. The van der Waals surface area contributed by atoms with Crippen LogP contribution in [0.3, 0.4) is 0 Å². The summed E-state index contributed by atoms with van der Waals surface area (Å²) in [6, 6.07) is 18.1. The molecule has 0 aliphatic carbocycles. The molecule has 182 valence electrons. The Labute approximate surface area is 217 Å². The van der Waals surface area contributed by atoms with Crippen LogP contribution in [0.1, 0.15) is 19.0 Å². The molecular weight excluding hydrogens is 545 g/mol. The summed E-state index contributed by atoms with van der Waals surface area (Å²) in [5, 5.41) is 11.1. The first-order valence-electron chi connectivity index (χ1n) is 11.2. The van der Waals surface area contributed by atoms with Crippen molar-refractivity contribution >= 4 is 35.6 Å². The van der Waals surface area contributed by atoms with E-state index in [-0.39, 0.29) is 30.0 Å². The molecule has 0 bridgehead atoms. The van der Waals surface area contributed by atoms with E-state index in [0.717, 1.165) is 66.2 Å². The summed E-state index contributed by atoms with van der Waals surface area (Å²) >= 11 is 0. The van der Waals surface area contributed by atoms with Gasteiger partial charge in [-0.05, 0) is 13.3 Å². The van der Waals surface area contributed by atoms with Gasteiger partial charge >= 0.3 is 0 Å². The van der Waals surface area contributed by atoms with E-state index in [9.17, 15) is 0 Å². The summed E-state index contributed by atoms with van der Waals surface area (Å²) in [7, 11) is 3.34. The minimum Gasteiger partial charge on any atom is -0.497 e. The van der Waals surface area contributed by atoms with E-state index in [1.54, 1.807) is 14.2 Å². The van der Waals surface area contributed by atoms with E-state index >= 15 is 0 Å². The molecule has 2 N–H and O–H groups in total. The minimum atomic E-state index is 0. The summed E-state index contributed by atoms with van der Waals surface area (Å²) in [6.07, 6.45) is 1.01. The number of benzene rings is 2. The van der Waals surface area contributed by atoms with Gasteiger partial charge in [0.05, 0.1) is 20.8 Å². The molecule has 0 spiro atoms. The quantitative estimate of drug-likeness (QED) is 0.235. The van der Waals surface area contributed by atoms with Crippen LogP contribution >= 0.6 is 24.0 Å². The van der Waals surface area contributed by atoms with Crippen LogP contribution in [-0.4, -0.2) is 51.0 Å². The molecule has 1 aliphatic heterocycles. The van der Waals surface area contributed by atoms with Crippen LogP contribution in [0.4, 0.5) is 5.69 Å². The minimum absolute atomic E-state index is 0. The maximum atomic E-state index is 5.49. The smallest absolute Gasteiger partial charge is 0.191 e. The summed E-state index contributed by atoms with van der Waals surface area (Å²) < 4.78 is 16.3. The van der Waals surface area contributed by atoms with Crippen LogP contribution < -0.4 is 25.0 Å². The predicted molar refractivity (Wildman–Crippen MR) is 145 cm³/mol. The molecule has 9 heteroatoms. The van der Waals surface area contributed by atoms with Gasteiger partial charge in [-0.15, -0.1) is 24.0 Å². The fourth-order valence-electron chi connectivity index (χ4n) is 3.89. The highest BCUT2D eigenvalue weighted by Crippen LogP contribution is 2.30. The molecule has 2 aromatic carbocycles. The fourth-order valence-corrected chi connectivity index (χ4v) is 3.89. The van der Waals surface area contributed by atoms with Gasteiger partial charge in [0, 0.05) is 61.2 Å². The third-order valence-electron chi connectivity index (χ3n) is 5.59. The standard InChI is InChI=1S/C25H31N5O3.HI/c1-4-26-25(27-16-20-12-24(33-29-20)18-8-6-5-7-9-18)28-19-10-11-30(17-19)21-13-22(31-2)15-23(14-21)32-3;/h5-9,12-15,19H,4,10-11,16-17H2,1-3H3,(H2,26,27,28);1H. The zero-order valence-corrected chi connectivity index (χ0v) is 22.1. The Bertz CT molecular complexity index is 1050. The van der Waals surface area contributed by atoms with Crippen LogP contribution in [0.5, 0.6) is 11.5 Å². The average Bonchev–Trinajstić information content (AvgIpc) is 3.53. The number of nitrogens with zero attached hydrogens (tertiary/aromatic N) is 3. The summed E-state index contributed by atoms with van der Waals surface area (Å²) in [5.74, 6) is 3.10. The first-order chi connectivity index (χ1) is 16.2. The number of halogens is 1. The number of hydrogen-bond donors (Lipinski definition) is 2. The Hall–Kier alpha value is -2.95. The summed E-state index contributed by atoms with van der Waals surface area (Å²) in [6.45, 7) is 5.09. The lowest BCUT2D eigenvalue weighted by atomic mass is 10.2. The molecule has 1 aliphatic rings. The fraction of sp³-hybridized carbons (Fsp3) is 0.360. The second-order valence-electron chi connectivity index (χ2n) is 7.89. The van der Waals surface area contributed by atoms with E-state index in [1.807, 2.05) is 54.6 Å². The maximum absolute atomic E-state index is 5.49. The van der Waals surface area contributed by atoms with Gasteiger partial charge in [0.25, 0.3) is 0 Å². The van der Waals surface area contributed by atoms with Crippen molar-refractivity contribution in [2.45, 2.75) is 25.9 Å². The van der Waals surface area contributed by atoms with Gasteiger partial charge in [-0.1, -0.05) is 35.5 Å². The molecule has 8 nitrogen and oxygen atoms in total. The van der Waals surface area contributed by atoms with Crippen molar-refractivity contribution in [3.63, 3.8) is 0 Å². The van der Waals surface area contributed by atoms with E-state index in [1.165, 1.54) is 0 Å². The van der Waals surface area contributed by atoms with Crippen molar-refractivity contribution in [2.24, 2.45) is 4.99 Å². The lowest BCUT2D eigenvalue weighted by Gasteiger charge is -2.21. The second-order valence-corrected chi connectivity index (χ2v) is 7.89. The van der Waals surface area contributed by atoms with Gasteiger partial charge in [0.1, 0.15) is 17.2 Å². The van der Waals surface area contributed by atoms with Crippen LogP contribution in [0, 0.1) is 0 Å². The van der Waals surface area contributed by atoms with Gasteiger partial charge in [0.2, 0.25) is 0 Å². The lowest BCUT2D eigenvalue weighted by Crippen LogP contribution is -2.44. The Balaban J connectivity index is 0.00000324. The molecule has 0 radical (unpaired) electrons. The van der Waals surface area contributed by atoms with Crippen LogP contribution in [0.2, 0.25) is 0 Å². The van der Waals surface area contributed by atoms with Crippen LogP contribution in [-0.2, 0) is 6.54 Å². The van der Waals surface area contributed by atoms with Gasteiger partial charge < -0.3 is 29.5 Å². The normalized spacial score (nSPS) is 15.6. The Morgan fingerprint density at radius 2 is 1.85 bits per heavy atom. The second kappa shape index (κ2) is 12.5. The number of anilines is 1.